The van der Waals surface area contributed by atoms with E-state index in [9.17, 15) is 4.79 Å². The van der Waals surface area contributed by atoms with E-state index in [1.54, 1.807) is 0 Å². The van der Waals surface area contributed by atoms with Gasteiger partial charge in [-0.25, -0.2) is 0 Å². The summed E-state index contributed by atoms with van der Waals surface area (Å²) in [6.45, 7) is 0.893. The van der Waals surface area contributed by atoms with E-state index in [4.69, 9.17) is 5.73 Å². The summed E-state index contributed by atoms with van der Waals surface area (Å²) in [5.74, 6) is 1.23. The first-order valence-corrected chi connectivity index (χ1v) is 4.79. The van der Waals surface area contributed by atoms with Crippen LogP contribution in [0.3, 0.4) is 0 Å². The van der Waals surface area contributed by atoms with Crippen molar-refractivity contribution < 1.29 is 4.79 Å². The van der Waals surface area contributed by atoms with E-state index in [0.29, 0.717) is 0 Å². The van der Waals surface area contributed by atoms with Gasteiger partial charge >= 0.3 is 0 Å². The van der Waals surface area contributed by atoms with Crippen LogP contribution in [-0.2, 0) is 4.79 Å². The van der Waals surface area contributed by atoms with Crippen LogP contribution in [0.2, 0.25) is 0 Å². The van der Waals surface area contributed by atoms with Crippen molar-refractivity contribution in [1.82, 2.24) is 5.32 Å². The summed E-state index contributed by atoms with van der Waals surface area (Å²) in [6.07, 6.45) is 4.36. The molecule has 76 valence electrons. The molecular weight excluding hydrogens is 188 g/mol. The van der Waals surface area contributed by atoms with Crippen LogP contribution in [0.4, 0.5) is 0 Å². The fraction of sp³-hybridized carbons (Fsp3) is 0.889. The number of carbonyl (C=O) groups excluding carboxylic acids is 1. The number of hydrogen-bond donors (Lipinski definition) is 2. The number of nitrogens with one attached hydrogen (secondary N) is 1. The van der Waals surface area contributed by atoms with Crippen LogP contribution in [0.15, 0.2) is 0 Å². The van der Waals surface area contributed by atoms with Crippen molar-refractivity contribution in [1.29, 1.82) is 0 Å². The lowest BCUT2D eigenvalue weighted by Crippen LogP contribution is -2.45. The first kappa shape index (κ1) is 10.8. The fourth-order valence-electron chi connectivity index (χ4n) is 1.59. The molecule has 2 saturated carbocycles. The zero-order chi connectivity index (χ0) is 8.55. The van der Waals surface area contributed by atoms with Crippen molar-refractivity contribution >= 4 is 18.3 Å². The lowest BCUT2D eigenvalue weighted by Gasteiger charge is -2.31. The molecule has 3 N–H and O–H groups in total. The maximum absolute atomic E-state index is 11.3. The van der Waals surface area contributed by atoms with Gasteiger partial charge in [0.05, 0.1) is 0 Å². The smallest absolute Gasteiger partial charge is 0.223 e. The van der Waals surface area contributed by atoms with Gasteiger partial charge in [-0.15, -0.1) is 12.4 Å². The SMILES string of the molecule is Cl.NC1CC(C(=O)NCC2CC2)C1. The van der Waals surface area contributed by atoms with Crippen molar-refractivity contribution in [2.75, 3.05) is 6.54 Å². The number of amides is 1. The number of carbonyl (C=O) groups is 1. The lowest BCUT2D eigenvalue weighted by molar-refractivity contribution is -0.127. The molecule has 0 heterocycles. The molecule has 1 amide bonds. The van der Waals surface area contributed by atoms with Crippen LogP contribution < -0.4 is 11.1 Å². The van der Waals surface area contributed by atoms with E-state index in [2.05, 4.69) is 5.32 Å². The van der Waals surface area contributed by atoms with Gasteiger partial charge in [0.2, 0.25) is 5.91 Å². The molecule has 0 aliphatic heterocycles. The predicted molar refractivity (Wildman–Crippen MR) is 53.7 cm³/mol. The topological polar surface area (TPSA) is 55.1 Å². The van der Waals surface area contributed by atoms with Crippen LogP contribution in [0.5, 0.6) is 0 Å². The molecule has 0 aromatic rings. The van der Waals surface area contributed by atoms with Crippen LogP contribution in [-0.4, -0.2) is 18.5 Å². The summed E-state index contributed by atoms with van der Waals surface area (Å²) >= 11 is 0. The third-order valence-electron chi connectivity index (χ3n) is 2.81. The summed E-state index contributed by atoms with van der Waals surface area (Å²) in [5.41, 5.74) is 5.59. The van der Waals surface area contributed by atoms with Gasteiger partial charge in [0.1, 0.15) is 0 Å². The van der Waals surface area contributed by atoms with Gasteiger partial charge in [-0.2, -0.15) is 0 Å². The second-order valence-corrected chi connectivity index (χ2v) is 4.12. The zero-order valence-electron chi connectivity index (χ0n) is 7.66. The Morgan fingerprint density at radius 3 is 2.46 bits per heavy atom. The van der Waals surface area contributed by atoms with E-state index in [1.165, 1.54) is 12.8 Å². The molecule has 2 rings (SSSR count). The molecule has 13 heavy (non-hydrogen) atoms. The zero-order valence-corrected chi connectivity index (χ0v) is 8.48. The number of hydrogen-bond acceptors (Lipinski definition) is 2. The highest BCUT2D eigenvalue weighted by molar-refractivity contribution is 5.85. The molecule has 0 radical (unpaired) electrons. The highest BCUT2D eigenvalue weighted by Crippen LogP contribution is 2.29. The largest absolute Gasteiger partial charge is 0.356 e. The molecule has 0 saturated heterocycles. The Morgan fingerprint density at radius 2 is 2.00 bits per heavy atom. The Balaban J connectivity index is 0.000000845. The minimum Gasteiger partial charge on any atom is -0.356 e. The molecule has 0 aromatic carbocycles. The van der Waals surface area contributed by atoms with Crippen LogP contribution in [0.1, 0.15) is 25.7 Å². The average molecular weight is 205 g/mol. The molecule has 2 aliphatic carbocycles. The van der Waals surface area contributed by atoms with Gasteiger partial charge in [-0.3, -0.25) is 4.79 Å². The van der Waals surface area contributed by atoms with E-state index in [1.807, 2.05) is 0 Å². The third-order valence-corrected chi connectivity index (χ3v) is 2.81. The molecule has 0 aromatic heterocycles. The van der Waals surface area contributed by atoms with Gasteiger partial charge < -0.3 is 11.1 Å². The van der Waals surface area contributed by atoms with Crippen molar-refractivity contribution in [2.24, 2.45) is 17.6 Å². The molecule has 0 spiro atoms. The quantitative estimate of drug-likeness (QED) is 0.710. The van der Waals surface area contributed by atoms with Crippen molar-refractivity contribution in [2.45, 2.75) is 31.7 Å². The van der Waals surface area contributed by atoms with Crippen molar-refractivity contribution in [3.05, 3.63) is 0 Å². The summed E-state index contributed by atoms with van der Waals surface area (Å²) in [5, 5.41) is 2.97. The minimum atomic E-state index is 0. The van der Waals surface area contributed by atoms with Crippen molar-refractivity contribution in [3.63, 3.8) is 0 Å². The molecule has 2 aliphatic rings. The minimum absolute atomic E-state index is 0. The van der Waals surface area contributed by atoms with E-state index < -0.39 is 0 Å². The second kappa shape index (κ2) is 4.29. The lowest BCUT2D eigenvalue weighted by atomic mass is 9.80. The summed E-state index contributed by atoms with van der Waals surface area (Å²) in [7, 11) is 0. The number of rotatable bonds is 3. The number of nitrogens with two attached hydrogens (primary N) is 1. The van der Waals surface area contributed by atoms with Gasteiger partial charge in [-0.1, -0.05) is 0 Å². The highest BCUT2D eigenvalue weighted by atomic mass is 35.5. The molecule has 2 fully saturated rings. The Hall–Kier alpha value is -0.280. The van der Waals surface area contributed by atoms with Gasteiger partial charge in [0.25, 0.3) is 0 Å². The van der Waals surface area contributed by atoms with E-state index in [0.717, 1.165) is 25.3 Å². The van der Waals surface area contributed by atoms with E-state index in [-0.39, 0.29) is 30.3 Å². The summed E-state index contributed by atoms with van der Waals surface area (Å²) in [6, 6.07) is 0.279. The Labute approximate surface area is 84.9 Å². The predicted octanol–water partition coefficient (Wildman–Crippen LogP) is 0.672. The maximum atomic E-state index is 11.3. The standard InChI is InChI=1S/C9H16N2O.ClH/c10-8-3-7(4-8)9(12)11-5-6-1-2-6;/h6-8H,1-5,10H2,(H,11,12);1H. The normalized spacial score (nSPS) is 31.5. The Bertz CT molecular complexity index is 188. The van der Waals surface area contributed by atoms with E-state index >= 15 is 0 Å². The molecule has 0 unspecified atom stereocenters. The molecule has 0 bridgehead atoms. The average Bonchev–Trinajstić information content (AvgIpc) is 2.77. The monoisotopic (exact) mass is 204 g/mol. The van der Waals surface area contributed by atoms with Crippen LogP contribution in [0, 0.1) is 11.8 Å². The summed E-state index contributed by atoms with van der Waals surface area (Å²) in [4.78, 5) is 11.3. The van der Waals surface area contributed by atoms with Crippen molar-refractivity contribution in [3.8, 4) is 0 Å². The van der Waals surface area contributed by atoms with Gasteiger partial charge in [0.15, 0.2) is 0 Å². The second-order valence-electron chi connectivity index (χ2n) is 4.12. The molecular formula is C9H17ClN2O. The van der Waals surface area contributed by atoms with Crippen LogP contribution in [0.25, 0.3) is 0 Å². The first-order valence-electron chi connectivity index (χ1n) is 4.79. The third kappa shape index (κ3) is 2.85. The van der Waals surface area contributed by atoms with Gasteiger partial charge in [-0.05, 0) is 31.6 Å². The Morgan fingerprint density at radius 1 is 1.38 bits per heavy atom. The van der Waals surface area contributed by atoms with Gasteiger partial charge in [0, 0.05) is 18.5 Å². The number of halogens is 1. The molecule has 4 heteroatoms. The fourth-order valence-corrected chi connectivity index (χ4v) is 1.59. The highest BCUT2D eigenvalue weighted by Gasteiger charge is 2.32. The van der Waals surface area contributed by atoms with Crippen LogP contribution >= 0.6 is 12.4 Å². The molecule has 0 atom stereocenters. The first-order chi connectivity index (χ1) is 5.75. The maximum Gasteiger partial charge on any atom is 0.223 e. The Kier molecular flexibility index (Phi) is 3.56. The summed E-state index contributed by atoms with van der Waals surface area (Å²) < 4.78 is 0. The molecule has 3 nitrogen and oxygen atoms in total.